The smallest absolute Gasteiger partial charge is 0.289 e. The number of nitrogens with one attached hydrogen (secondary N) is 1. The molecule has 3 aromatic heterocycles. The molecule has 0 bridgehead atoms. The van der Waals surface area contributed by atoms with Crippen molar-refractivity contribution in [1.29, 1.82) is 0 Å². The van der Waals surface area contributed by atoms with E-state index in [1.807, 2.05) is 13.8 Å². The van der Waals surface area contributed by atoms with Gasteiger partial charge in [0.25, 0.3) is 18.6 Å². The van der Waals surface area contributed by atoms with Crippen LogP contribution in [0.15, 0.2) is 65.8 Å². The molecule has 1 amide bonds. The molecule has 0 saturated carbocycles. The van der Waals surface area contributed by atoms with E-state index in [0.717, 1.165) is 6.33 Å². The second-order valence-corrected chi connectivity index (χ2v) is 9.73. The van der Waals surface area contributed by atoms with Crippen LogP contribution in [0.25, 0.3) is 33.4 Å². The number of carbonyl (C=O) groups excluding carboxylic acids is 1. The molecule has 0 saturated heterocycles. The number of amides is 1. The van der Waals surface area contributed by atoms with E-state index in [1.165, 1.54) is 28.9 Å². The third kappa shape index (κ3) is 5.35. The summed E-state index contributed by atoms with van der Waals surface area (Å²) < 4.78 is 42.5. The Bertz CT molecular complexity index is 1810. The number of benzene rings is 2. The van der Waals surface area contributed by atoms with Gasteiger partial charge in [-0.25, -0.2) is 27.8 Å². The molecule has 1 unspecified atom stereocenters. The lowest BCUT2D eigenvalue weighted by molar-refractivity contribution is 0.00323. The molecule has 1 atom stereocenters. The van der Waals surface area contributed by atoms with Gasteiger partial charge in [0.15, 0.2) is 11.3 Å². The van der Waals surface area contributed by atoms with E-state index in [0.29, 0.717) is 26.5 Å². The molecule has 0 aliphatic heterocycles. The van der Waals surface area contributed by atoms with Gasteiger partial charge in [0.1, 0.15) is 17.8 Å². The standard InChI is InChI=1S/C27H22ClF3N8O2/c1-13(2)38-11-18(14-3-7-16(28)8-4-14)22(40)21(36-38)27(41)35-17-9-5-15(6-10-17)20-19-25(32)33-12-34-26(19)39(37-20)24(31)23(29)30/h3-13,23-24H,1-2H3,(H,35,41)(H2,32,33,34). The number of carbonyl (C=O) groups is 1. The Kier molecular flexibility index (Phi) is 7.45. The third-order valence-electron chi connectivity index (χ3n) is 6.21. The summed E-state index contributed by atoms with van der Waals surface area (Å²) in [4.78, 5) is 34.2. The quantitative estimate of drug-likeness (QED) is 0.258. The van der Waals surface area contributed by atoms with Crippen molar-refractivity contribution in [3.05, 3.63) is 82.0 Å². The second-order valence-electron chi connectivity index (χ2n) is 9.29. The minimum Gasteiger partial charge on any atom is -0.383 e. The lowest BCUT2D eigenvalue weighted by Gasteiger charge is -2.14. The SMILES string of the molecule is CC(C)n1cc(-c2ccc(Cl)cc2)c(=O)c(C(=O)Nc2ccc(-c3nn(C(F)C(F)F)c4ncnc(N)c34)cc2)n1. The maximum absolute atomic E-state index is 14.2. The number of nitrogen functional groups attached to an aromatic ring is 1. The summed E-state index contributed by atoms with van der Waals surface area (Å²) in [5.41, 5.74) is 6.48. The molecule has 5 rings (SSSR count). The lowest BCUT2D eigenvalue weighted by atomic mass is 10.1. The Morgan fingerprint density at radius 3 is 2.27 bits per heavy atom. The molecular weight excluding hydrogens is 561 g/mol. The zero-order chi connectivity index (χ0) is 29.4. The maximum Gasteiger partial charge on any atom is 0.289 e. The first-order chi connectivity index (χ1) is 19.5. The lowest BCUT2D eigenvalue weighted by Crippen LogP contribution is -2.28. The highest BCUT2D eigenvalue weighted by Crippen LogP contribution is 2.33. The van der Waals surface area contributed by atoms with Crippen molar-refractivity contribution in [2.24, 2.45) is 0 Å². The molecule has 10 nitrogen and oxygen atoms in total. The average Bonchev–Trinajstić information content (AvgIpc) is 3.34. The summed E-state index contributed by atoms with van der Waals surface area (Å²) in [6, 6.07) is 12.5. The van der Waals surface area contributed by atoms with Crippen molar-refractivity contribution < 1.29 is 18.0 Å². The largest absolute Gasteiger partial charge is 0.383 e. The fourth-order valence-corrected chi connectivity index (χ4v) is 4.26. The number of hydrogen-bond donors (Lipinski definition) is 2. The Balaban J connectivity index is 1.48. The van der Waals surface area contributed by atoms with Crippen LogP contribution in [0.2, 0.25) is 5.02 Å². The Morgan fingerprint density at radius 2 is 1.63 bits per heavy atom. The van der Waals surface area contributed by atoms with Gasteiger partial charge >= 0.3 is 0 Å². The summed E-state index contributed by atoms with van der Waals surface area (Å²) in [5.74, 6) is -0.805. The van der Waals surface area contributed by atoms with Gasteiger partial charge in [-0.1, -0.05) is 35.9 Å². The van der Waals surface area contributed by atoms with Crippen LogP contribution in [0, 0.1) is 0 Å². The van der Waals surface area contributed by atoms with E-state index >= 15 is 0 Å². The van der Waals surface area contributed by atoms with Crippen LogP contribution in [0.4, 0.5) is 24.7 Å². The molecule has 5 aromatic rings. The summed E-state index contributed by atoms with van der Waals surface area (Å²) in [7, 11) is 0. The minimum absolute atomic E-state index is 0.0665. The van der Waals surface area contributed by atoms with Crippen molar-refractivity contribution in [2.45, 2.75) is 32.6 Å². The first-order valence-corrected chi connectivity index (χ1v) is 12.6. The van der Waals surface area contributed by atoms with Crippen molar-refractivity contribution in [2.75, 3.05) is 11.1 Å². The topological polar surface area (TPSA) is 134 Å². The molecule has 0 aliphatic carbocycles. The maximum atomic E-state index is 14.2. The summed E-state index contributed by atoms with van der Waals surface area (Å²) in [6.45, 7) is 3.72. The molecular formula is C27H22ClF3N8O2. The molecule has 0 fully saturated rings. The molecule has 41 heavy (non-hydrogen) atoms. The second kappa shape index (κ2) is 11.0. The van der Waals surface area contributed by atoms with Crippen LogP contribution in [0.1, 0.15) is 36.7 Å². The molecule has 210 valence electrons. The van der Waals surface area contributed by atoms with Gasteiger partial charge in [0.2, 0.25) is 5.43 Å². The van der Waals surface area contributed by atoms with Gasteiger partial charge in [-0.05, 0) is 43.7 Å². The molecule has 0 aliphatic rings. The van der Waals surface area contributed by atoms with Gasteiger partial charge in [0, 0.05) is 34.1 Å². The highest BCUT2D eigenvalue weighted by Gasteiger charge is 2.28. The predicted octanol–water partition coefficient (Wildman–Crippen LogP) is 5.52. The van der Waals surface area contributed by atoms with E-state index in [9.17, 15) is 22.8 Å². The van der Waals surface area contributed by atoms with E-state index in [2.05, 4.69) is 25.5 Å². The monoisotopic (exact) mass is 582 g/mol. The van der Waals surface area contributed by atoms with Crippen molar-refractivity contribution in [3.8, 4) is 22.4 Å². The van der Waals surface area contributed by atoms with Crippen LogP contribution in [0.3, 0.4) is 0 Å². The summed E-state index contributed by atoms with van der Waals surface area (Å²) >= 11 is 5.98. The van der Waals surface area contributed by atoms with Crippen LogP contribution in [-0.2, 0) is 0 Å². The highest BCUT2D eigenvalue weighted by molar-refractivity contribution is 6.30. The van der Waals surface area contributed by atoms with E-state index in [4.69, 9.17) is 17.3 Å². The zero-order valence-corrected chi connectivity index (χ0v) is 22.4. The van der Waals surface area contributed by atoms with Crippen LogP contribution >= 0.6 is 11.6 Å². The van der Waals surface area contributed by atoms with Gasteiger partial charge in [-0.2, -0.15) is 10.2 Å². The van der Waals surface area contributed by atoms with Crippen LogP contribution < -0.4 is 16.5 Å². The Hall–Kier alpha value is -4.78. The number of fused-ring (bicyclic) bond motifs is 1. The summed E-state index contributed by atoms with van der Waals surface area (Å²) in [5, 5.41) is 11.5. The van der Waals surface area contributed by atoms with Gasteiger partial charge in [-0.15, -0.1) is 0 Å². The van der Waals surface area contributed by atoms with Gasteiger partial charge < -0.3 is 11.1 Å². The van der Waals surface area contributed by atoms with Crippen molar-refractivity contribution in [1.82, 2.24) is 29.5 Å². The number of alkyl halides is 3. The molecule has 2 aromatic carbocycles. The zero-order valence-electron chi connectivity index (χ0n) is 21.6. The van der Waals surface area contributed by atoms with Crippen molar-refractivity contribution >= 4 is 40.0 Å². The Labute approximate surface area is 235 Å². The number of hydrogen-bond acceptors (Lipinski definition) is 7. The number of nitrogens with zero attached hydrogens (tertiary/aromatic N) is 6. The molecule has 3 N–H and O–H groups in total. The highest BCUT2D eigenvalue weighted by atomic mass is 35.5. The van der Waals surface area contributed by atoms with Crippen LogP contribution in [-0.4, -0.2) is 41.9 Å². The number of aromatic nitrogens is 6. The number of nitrogens with two attached hydrogens (primary N) is 1. The van der Waals surface area contributed by atoms with Gasteiger partial charge in [0.05, 0.1) is 5.39 Å². The summed E-state index contributed by atoms with van der Waals surface area (Å²) in [6.07, 6.45) is -3.48. The van der Waals surface area contributed by atoms with E-state index in [1.54, 1.807) is 30.5 Å². The normalized spacial score (nSPS) is 12.3. The Morgan fingerprint density at radius 1 is 0.976 bits per heavy atom. The fraction of sp³-hybridized carbons (Fsp3) is 0.185. The number of anilines is 2. The minimum atomic E-state index is -3.34. The molecule has 0 spiro atoms. The van der Waals surface area contributed by atoms with E-state index in [-0.39, 0.29) is 39.8 Å². The predicted molar refractivity (Wildman–Crippen MR) is 149 cm³/mol. The van der Waals surface area contributed by atoms with Crippen molar-refractivity contribution in [3.63, 3.8) is 0 Å². The first-order valence-electron chi connectivity index (χ1n) is 12.3. The molecule has 3 heterocycles. The van der Waals surface area contributed by atoms with Gasteiger partial charge in [-0.3, -0.25) is 14.3 Å². The fourth-order valence-electron chi connectivity index (χ4n) is 4.13. The number of rotatable bonds is 7. The molecule has 14 heteroatoms. The van der Waals surface area contributed by atoms with E-state index < -0.39 is 24.1 Å². The first kappa shape index (κ1) is 27.8. The molecule has 0 radical (unpaired) electrons. The van der Waals surface area contributed by atoms with Crippen LogP contribution in [0.5, 0.6) is 0 Å². The average molecular weight is 583 g/mol. The number of halogens is 4. The third-order valence-corrected chi connectivity index (χ3v) is 6.46.